The zero-order valence-electron chi connectivity index (χ0n) is 26.1. The van der Waals surface area contributed by atoms with E-state index in [4.69, 9.17) is 0 Å². The van der Waals surface area contributed by atoms with Crippen molar-refractivity contribution in [2.75, 3.05) is 45.5 Å². The van der Waals surface area contributed by atoms with Crippen LogP contribution in [0.2, 0.25) is 0 Å². The van der Waals surface area contributed by atoms with Gasteiger partial charge < -0.3 is 20.6 Å². The predicted molar refractivity (Wildman–Crippen MR) is 167 cm³/mol. The second kappa shape index (κ2) is 16.4. The monoisotopic (exact) mass is 636 g/mol. The number of aliphatic hydroxyl groups excluding tert-OH is 1. The van der Waals surface area contributed by atoms with Gasteiger partial charge in [-0.25, -0.2) is 21.5 Å². The van der Waals surface area contributed by atoms with Crippen LogP contribution in [-0.2, 0) is 16.4 Å². The lowest BCUT2D eigenvalue weighted by molar-refractivity contribution is 0.0755. The molecule has 12 heteroatoms. The molecule has 3 N–H and O–H groups in total. The van der Waals surface area contributed by atoms with Gasteiger partial charge in [0.25, 0.3) is 11.8 Å². The van der Waals surface area contributed by atoms with Crippen molar-refractivity contribution < 1.29 is 31.9 Å². The SMILES string of the molecule is CCCN(CCC)C(=O)c1cc(C)cc(C(=O)N[C@H](Cc2cc(F)cc(F)c2)[C@@H](O)CNCC2CCN(S(C)(=O)=O)CC2)c1. The Bertz CT molecular complexity index is 1360. The molecule has 1 fully saturated rings. The minimum Gasteiger partial charge on any atom is -0.390 e. The molecule has 2 aromatic carbocycles. The summed E-state index contributed by atoms with van der Waals surface area (Å²) in [5.74, 6) is -1.99. The van der Waals surface area contributed by atoms with E-state index >= 15 is 0 Å². The van der Waals surface area contributed by atoms with Gasteiger partial charge in [0.1, 0.15) is 11.6 Å². The number of nitrogens with zero attached hydrogens (tertiary/aromatic N) is 2. The topological polar surface area (TPSA) is 119 Å². The number of hydrogen-bond donors (Lipinski definition) is 3. The Labute approximate surface area is 260 Å². The lowest BCUT2D eigenvalue weighted by Gasteiger charge is -2.31. The first kappa shape index (κ1) is 35.5. The lowest BCUT2D eigenvalue weighted by atomic mass is 9.97. The average molecular weight is 637 g/mol. The van der Waals surface area contributed by atoms with Gasteiger partial charge in [0.15, 0.2) is 0 Å². The first-order chi connectivity index (χ1) is 20.8. The zero-order valence-corrected chi connectivity index (χ0v) is 26.9. The first-order valence-electron chi connectivity index (χ1n) is 15.3. The van der Waals surface area contributed by atoms with Crippen molar-refractivity contribution in [1.82, 2.24) is 19.8 Å². The van der Waals surface area contributed by atoms with Crippen molar-refractivity contribution in [3.05, 3.63) is 70.3 Å². The van der Waals surface area contributed by atoms with Gasteiger partial charge in [0.2, 0.25) is 10.0 Å². The maximum absolute atomic E-state index is 14.0. The van der Waals surface area contributed by atoms with Crippen LogP contribution < -0.4 is 10.6 Å². The maximum atomic E-state index is 14.0. The van der Waals surface area contributed by atoms with Crippen molar-refractivity contribution in [3.63, 3.8) is 0 Å². The minimum absolute atomic E-state index is 0.0333. The summed E-state index contributed by atoms with van der Waals surface area (Å²) in [6.07, 6.45) is 3.02. The smallest absolute Gasteiger partial charge is 0.253 e. The summed E-state index contributed by atoms with van der Waals surface area (Å²) in [5.41, 5.74) is 1.64. The third kappa shape index (κ3) is 10.6. The van der Waals surface area contributed by atoms with Crippen LogP contribution in [0.4, 0.5) is 8.78 Å². The molecule has 1 heterocycles. The fraction of sp³-hybridized carbons (Fsp3) is 0.562. The standard InChI is InChI=1S/C32H46F2N4O5S/c1-5-9-37(10-6-2)32(41)26-14-22(3)13-25(18-26)31(40)36-29(17-24-15-27(33)19-28(34)16-24)30(39)21-35-20-23-7-11-38(12-8-23)44(4,42)43/h13-16,18-19,23,29-30,35,39H,5-12,17,20-21H2,1-4H3,(H,36,40)/t29-,30+/m1/s1. The molecular formula is C32H46F2N4O5S. The molecule has 2 aromatic rings. The molecule has 9 nitrogen and oxygen atoms in total. The molecule has 3 rings (SSSR count). The number of carbonyl (C=O) groups is 2. The van der Waals surface area contributed by atoms with E-state index in [1.165, 1.54) is 16.6 Å². The molecule has 0 aromatic heterocycles. The summed E-state index contributed by atoms with van der Waals surface area (Å²) in [7, 11) is -3.23. The molecule has 2 atom stereocenters. The van der Waals surface area contributed by atoms with E-state index < -0.39 is 39.7 Å². The van der Waals surface area contributed by atoms with Crippen LogP contribution in [0.25, 0.3) is 0 Å². The number of carbonyl (C=O) groups excluding carboxylic acids is 2. The minimum atomic E-state index is -3.23. The highest BCUT2D eigenvalue weighted by Gasteiger charge is 2.27. The first-order valence-corrected chi connectivity index (χ1v) is 17.2. The summed E-state index contributed by atoms with van der Waals surface area (Å²) >= 11 is 0. The number of rotatable bonds is 15. The highest BCUT2D eigenvalue weighted by Crippen LogP contribution is 2.19. The second-order valence-electron chi connectivity index (χ2n) is 11.8. The normalized spacial score (nSPS) is 16.0. The molecule has 2 amide bonds. The van der Waals surface area contributed by atoms with Gasteiger partial charge in [-0.2, -0.15) is 0 Å². The number of hydrogen-bond acceptors (Lipinski definition) is 6. The molecule has 0 bridgehead atoms. The van der Waals surface area contributed by atoms with Crippen molar-refractivity contribution in [3.8, 4) is 0 Å². The largest absolute Gasteiger partial charge is 0.390 e. The Kier molecular flexibility index (Phi) is 13.2. The van der Waals surface area contributed by atoms with Crippen molar-refractivity contribution >= 4 is 21.8 Å². The predicted octanol–water partition coefficient (Wildman–Crippen LogP) is 3.50. The molecular weight excluding hydrogens is 590 g/mol. The number of aryl methyl sites for hydroxylation is 1. The summed E-state index contributed by atoms with van der Waals surface area (Å²) < 4.78 is 53.0. The molecule has 244 valence electrons. The summed E-state index contributed by atoms with van der Waals surface area (Å²) in [4.78, 5) is 28.5. The van der Waals surface area contributed by atoms with E-state index in [1.807, 2.05) is 13.8 Å². The van der Waals surface area contributed by atoms with Crippen LogP contribution in [-0.4, -0.2) is 92.2 Å². The van der Waals surface area contributed by atoms with Crippen LogP contribution in [0.3, 0.4) is 0 Å². The molecule has 0 unspecified atom stereocenters. The third-order valence-corrected chi connectivity index (χ3v) is 9.15. The van der Waals surface area contributed by atoms with E-state index in [9.17, 15) is 31.9 Å². The molecule has 0 radical (unpaired) electrons. The van der Waals surface area contributed by atoms with Gasteiger partial charge in [-0.1, -0.05) is 13.8 Å². The highest BCUT2D eigenvalue weighted by atomic mass is 32.2. The van der Waals surface area contributed by atoms with Gasteiger partial charge in [-0.05, 0) is 92.9 Å². The number of piperidine rings is 1. The second-order valence-corrected chi connectivity index (χ2v) is 13.8. The average Bonchev–Trinajstić information content (AvgIpc) is 2.95. The number of nitrogens with one attached hydrogen (secondary N) is 2. The van der Waals surface area contributed by atoms with Gasteiger partial charge in [0, 0.05) is 49.9 Å². The van der Waals surface area contributed by atoms with Crippen LogP contribution >= 0.6 is 0 Å². The third-order valence-electron chi connectivity index (χ3n) is 7.85. The number of benzene rings is 2. The van der Waals surface area contributed by atoms with E-state index in [0.29, 0.717) is 51.1 Å². The van der Waals surface area contributed by atoms with Gasteiger partial charge in [-0.3, -0.25) is 9.59 Å². The van der Waals surface area contributed by atoms with Crippen LogP contribution in [0.1, 0.15) is 71.4 Å². The van der Waals surface area contributed by atoms with Crippen molar-refractivity contribution in [2.24, 2.45) is 5.92 Å². The summed E-state index contributed by atoms with van der Waals surface area (Å²) in [6.45, 7) is 8.50. The maximum Gasteiger partial charge on any atom is 0.253 e. The molecule has 1 saturated heterocycles. The van der Waals surface area contributed by atoms with Gasteiger partial charge >= 0.3 is 0 Å². The molecule has 1 aliphatic rings. The zero-order chi connectivity index (χ0) is 32.4. The van der Waals surface area contributed by atoms with E-state index in [0.717, 1.165) is 36.6 Å². The van der Waals surface area contributed by atoms with Crippen LogP contribution in [0, 0.1) is 24.5 Å². The summed E-state index contributed by atoms with van der Waals surface area (Å²) in [5, 5.41) is 17.2. The Morgan fingerprint density at radius 3 is 2.16 bits per heavy atom. The van der Waals surface area contributed by atoms with Crippen molar-refractivity contribution in [1.29, 1.82) is 0 Å². The Morgan fingerprint density at radius 1 is 1.00 bits per heavy atom. The van der Waals surface area contributed by atoms with Gasteiger partial charge in [-0.15, -0.1) is 0 Å². The molecule has 0 aliphatic carbocycles. The molecule has 44 heavy (non-hydrogen) atoms. The Hall–Kier alpha value is -2.93. The lowest BCUT2D eigenvalue weighted by Crippen LogP contribution is -2.49. The van der Waals surface area contributed by atoms with E-state index in [1.54, 1.807) is 24.0 Å². The van der Waals surface area contributed by atoms with E-state index in [-0.39, 0.29) is 35.9 Å². The van der Waals surface area contributed by atoms with Crippen LogP contribution in [0.5, 0.6) is 0 Å². The molecule has 0 spiro atoms. The molecule has 1 aliphatic heterocycles. The number of sulfonamides is 1. The summed E-state index contributed by atoms with van der Waals surface area (Å²) in [6, 6.07) is 7.12. The highest BCUT2D eigenvalue weighted by molar-refractivity contribution is 7.88. The fourth-order valence-corrected chi connectivity index (χ4v) is 6.49. The van der Waals surface area contributed by atoms with E-state index in [2.05, 4.69) is 10.6 Å². The van der Waals surface area contributed by atoms with Gasteiger partial charge in [0.05, 0.1) is 18.4 Å². The molecule has 0 saturated carbocycles. The number of amides is 2. The quantitative estimate of drug-likeness (QED) is 0.276. The van der Waals surface area contributed by atoms with Crippen molar-refractivity contribution in [2.45, 2.75) is 65.0 Å². The number of halogens is 2. The number of aliphatic hydroxyl groups is 1. The Balaban J connectivity index is 1.74. The fourth-order valence-electron chi connectivity index (χ4n) is 5.62. The van der Waals surface area contributed by atoms with Crippen LogP contribution in [0.15, 0.2) is 36.4 Å². The Morgan fingerprint density at radius 2 is 1.59 bits per heavy atom.